The van der Waals surface area contributed by atoms with Crippen molar-refractivity contribution >= 4 is 0 Å². The van der Waals surface area contributed by atoms with Crippen LogP contribution in [-0.2, 0) is 0 Å². The number of aliphatic hydroxyl groups excluding tert-OH is 1. The Kier molecular flexibility index (Phi) is 4.23. The lowest BCUT2D eigenvalue weighted by Gasteiger charge is -2.42. The molecule has 3 atom stereocenters. The van der Waals surface area contributed by atoms with E-state index in [0.29, 0.717) is 18.4 Å². The fourth-order valence-electron chi connectivity index (χ4n) is 3.68. The fourth-order valence-corrected chi connectivity index (χ4v) is 3.68. The van der Waals surface area contributed by atoms with Gasteiger partial charge in [-0.25, -0.2) is 0 Å². The zero-order valence-corrected chi connectivity index (χ0v) is 13.4. The van der Waals surface area contributed by atoms with E-state index in [1.807, 2.05) is 0 Å². The maximum Gasteiger partial charge on any atom is 0.124 e. The normalized spacial score (nSPS) is 30.0. The summed E-state index contributed by atoms with van der Waals surface area (Å²) in [7, 11) is 0. The van der Waals surface area contributed by atoms with E-state index in [4.69, 9.17) is 4.74 Å². The van der Waals surface area contributed by atoms with Gasteiger partial charge < -0.3 is 9.84 Å². The van der Waals surface area contributed by atoms with Gasteiger partial charge in [0.1, 0.15) is 18.5 Å². The SMILES string of the molecule is CC1CCCN(C2c3cc(C(C)C)ccc3OCC2O)C1. The predicted molar refractivity (Wildman–Crippen MR) is 84.7 cm³/mol. The second-order valence-corrected chi connectivity index (χ2v) is 7.02. The molecular weight excluding hydrogens is 262 g/mol. The largest absolute Gasteiger partial charge is 0.490 e. The Morgan fingerprint density at radius 1 is 1.33 bits per heavy atom. The molecule has 0 amide bonds. The summed E-state index contributed by atoms with van der Waals surface area (Å²) in [6, 6.07) is 6.57. The van der Waals surface area contributed by atoms with Crippen LogP contribution in [0.3, 0.4) is 0 Å². The van der Waals surface area contributed by atoms with Crippen LogP contribution in [0.4, 0.5) is 0 Å². The number of hydrogen-bond acceptors (Lipinski definition) is 3. The van der Waals surface area contributed by atoms with E-state index in [-0.39, 0.29) is 6.04 Å². The molecule has 116 valence electrons. The number of benzene rings is 1. The van der Waals surface area contributed by atoms with E-state index < -0.39 is 6.10 Å². The average molecular weight is 289 g/mol. The van der Waals surface area contributed by atoms with Crippen LogP contribution in [-0.4, -0.2) is 35.8 Å². The van der Waals surface area contributed by atoms with Crippen LogP contribution >= 0.6 is 0 Å². The quantitative estimate of drug-likeness (QED) is 0.906. The number of aliphatic hydroxyl groups is 1. The Bertz CT molecular complexity index is 500. The van der Waals surface area contributed by atoms with Gasteiger partial charge in [0.25, 0.3) is 0 Å². The van der Waals surface area contributed by atoms with E-state index in [0.717, 1.165) is 18.8 Å². The van der Waals surface area contributed by atoms with E-state index in [1.165, 1.54) is 24.0 Å². The number of rotatable bonds is 2. The number of likely N-dealkylation sites (tertiary alicyclic amines) is 1. The highest BCUT2D eigenvalue weighted by Crippen LogP contribution is 2.39. The predicted octanol–water partition coefficient (Wildman–Crippen LogP) is 3.34. The summed E-state index contributed by atoms with van der Waals surface area (Å²) in [6.45, 7) is 9.29. The van der Waals surface area contributed by atoms with Crippen molar-refractivity contribution in [3.8, 4) is 5.75 Å². The molecule has 1 fully saturated rings. The highest BCUT2D eigenvalue weighted by Gasteiger charge is 2.36. The summed E-state index contributed by atoms with van der Waals surface area (Å²) in [5.41, 5.74) is 2.50. The van der Waals surface area contributed by atoms with Gasteiger partial charge in [-0.05, 0) is 42.9 Å². The van der Waals surface area contributed by atoms with Gasteiger partial charge in [0, 0.05) is 12.1 Å². The van der Waals surface area contributed by atoms with Crippen molar-refractivity contribution in [2.24, 2.45) is 5.92 Å². The molecule has 1 N–H and O–H groups in total. The third-order valence-electron chi connectivity index (χ3n) is 4.88. The minimum atomic E-state index is -0.426. The van der Waals surface area contributed by atoms with E-state index in [2.05, 4.69) is 43.9 Å². The fraction of sp³-hybridized carbons (Fsp3) is 0.667. The van der Waals surface area contributed by atoms with E-state index in [1.54, 1.807) is 0 Å². The maximum atomic E-state index is 10.5. The number of fused-ring (bicyclic) bond motifs is 1. The molecule has 1 saturated heterocycles. The molecule has 0 aliphatic carbocycles. The Balaban J connectivity index is 1.95. The first-order chi connectivity index (χ1) is 10.1. The van der Waals surface area contributed by atoms with Gasteiger partial charge >= 0.3 is 0 Å². The Hall–Kier alpha value is -1.06. The van der Waals surface area contributed by atoms with Crippen molar-refractivity contribution in [1.82, 2.24) is 4.90 Å². The van der Waals surface area contributed by atoms with E-state index in [9.17, 15) is 5.11 Å². The average Bonchev–Trinajstić information content (AvgIpc) is 2.46. The molecule has 1 aromatic carbocycles. The van der Waals surface area contributed by atoms with Crippen molar-refractivity contribution < 1.29 is 9.84 Å². The number of ether oxygens (including phenoxy) is 1. The van der Waals surface area contributed by atoms with Crippen molar-refractivity contribution in [2.45, 2.75) is 51.7 Å². The monoisotopic (exact) mass is 289 g/mol. The van der Waals surface area contributed by atoms with Crippen molar-refractivity contribution in [2.75, 3.05) is 19.7 Å². The molecule has 2 aliphatic rings. The zero-order valence-electron chi connectivity index (χ0n) is 13.4. The highest BCUT2D eigenvalue weighted by atomic mass is 16.5. The molecule has 0 aromatic heterocycles. The summed E-state index contributed by atoms with van der Waals surface area (Å²) in [6.07, 6.45) is 2.10. The first-order valence-electron chi connectivity index (χ1n) is 8.25. The Morgan fingerprint density at radius 2 is 2.14 bits per heavy atom. The summed E-state index contributed by atoms with van der Waals surface area (Å²) in [5.74, 6) is 2.16. The van der Waals surface area contributed by atoms with Gasteiger partial charge in [-0.1, -0.05) is 32.9 Å². The smallest absolute Gasteiger partial charge is 0.124 e. The lowest BCUT2D eigenvalue weighted by molar-refractivity contribution is -0.0141. The van der Waals surface area contributed by atoms with Gasteiger partial charge in [0.2, 0.25) is 0 Å². The molecule has 0 bridgehead atoms. The highest BCUT2D eigenvalue weighted by molar-refractivity contribution is 5.42. The van der Waals surface area contributed by atoms with Crippen LogP contribution < -0.4 is 4.74 Å². The lowest BCUT2D eigenvalue weighted by Crippen LogP contribution is -2.46. The molecule has 2 heterocycles. The van der Waals surface area contributed by atoms with Crippen molar-refractivity contribution in [3.05, 3.63) is 29.3 Å². The molecule has 3 unspecified atom stereocenters. The summed E-state index contributed by atoms with van der Waals surface area (Å²) >= 11 is 0. The number of hydrogen-bond donors (Lipinski definition) is 1. The minimum absolute atomic E-state index is 0.0928. The van der Waals surface area contributed by atoms with Crippen LogP contribution in [0, 0.1) is 5.92 Å². The van der Waals surface area contributed by atoms with Gasteiger partial charge in [-0.3, -0.25) is 4.90 Å². The zero-order chi connectivity index (χ0) is 15.0. The Labute approximate surface area is 127 Å². The van der Waals surface area contributed by atoms with Crippen molar-refractivity contribution in [3.63, 3.8) is 0 Å². The Morgan fingerprint density at radius 3 is 2.86 bits per heavy atom. The first kappa shape index (κ1) is 14.9. The summed E-state index contributed by atoms with van der Waals surface area (Å²) in [4.78, 5) is 2.46. The van der Waals surface area contributed by atoms with Crippen LogP contribution in [0.25, 0.3) is 0 Å². The molecule has 2 aliphatic heterocycles. The first-order valence-corrected chi connectivity index (χ1v) is 8.25. The number of piperidine rings is 1. The summed E-state index contributed by atoms with van der Waals surface area (Å²) < 4.78 is 5.74. The van der Waals surface area contributed by atoms with Gasteiger partial charge in [0.15, 0.2) is 0 Å². The van der Waals surface area contributed by atoms with Gasteiger partial charge in [-0.15, -0.1) is 0 Å². The third-order valence-corrected chi connectivity index (χ3v) is 4.88. The van der Waals surface area contributed by atoms with Crippen LogP contribution in [0.15, 0.2) is 18.2 Å². The second kappa shape index (κ2) is 5.98. The summed E-state index contributed by atoms with van der Waals surface area (Å²) in [5, 5.41) is 10.5. The molecular formula is C18H27NO2. The number of nitrogens with zero attached hydrogens (tertiary/aromatic N) is 1. The lowest BCUT2D eigenvalue weighted by atomic mass is 9.89. The third kappa shape index (κ3) is 2.95. The molecule has 0 saturated carbocycles. The van der Waals surface area contributed by atoms with Gasteiger partial charge in [-0.2, -0.15) is 0 Å². The molecule has 1 aromatic rings. The van der Waals surface area contributed by atoms with Gasteiger partial charge in [0.05, 0.1) is 6.04 Å². The van der Waals surface area contributed by atoms with Crippen LogP contribution in [0.1, 0.15) is 56.7 Å². The molecule has 3 heteroatoms. The van der Waals surface area contributed by atoms with Crippen LogP contribution in [0.5, 0.6) is 5.75 Å². The molecule has 3 rings (SSSR count). The molecule has 0 radical (unpaired) electrons. The second-order valence-electron chi connectivity index (χ2n) is 7.02. The molecule has 21 heavy (non-hydrogen) atoms. The topological polar surface area (TPSA) is 32.7 Å². The minimum Gasteiger partial charge on any atom is -0.490 e. The van der Waals surface area contributed by atoms with E-state index >= 15 is 0 Å². The molecule has 3 nitrogen and oxygen atoms in total. The maximum absolute atomic E-state index is 10.5. The standard InChI is InChI=1S/C18H27NO2/c1-12(2)14-6-7-17-15(9-14)18(16(20)11-21-17)19-8-4-5-13(3)10-19/h6-7,9,12-13,16,18,20H,4-5,8,10-11H2,1-3H3. The van der Waals surface area contributed by atoms with Crippen molar-refractivity contribution in [1.29, 1.82) is 0 Å². The molecule has 0 spiro atoms. The van der Waals surface area contributed by atoms with Crippen LogP contribution in [0.2, 0.25) is 0 Å².